The van der Waals surface area contributed by atoms with Gasteiger partial charge >= 0.3 is 0 Å². The fraction of sp³-hybridized carbons (Fsp3) is 0.174. The Balaban J connectivity index is 1.95. The lowest BCUT2D eigenvalue weighted by molar-refractivity contribution is 0.0764. The summed E-state index contributed by atoms with van der Waals surface area (Å²) in [6.45, 7) is 4.99. The van der Waals surface area contributed by atoms with Crippen molar-refractivity contribution in [2.24, 2.45) is 0 Å². The van der Waals surface area contributed by atoms with E-state index in [2.05, 4.69) is 10.1 Å². The van der Waals surface area contributed by atoms with Crippen molar-refractivity contribution in [2.75, 3.05) is 13.1 Å². The van der Waals surface area contributed by atoms with Gasteiger partial charge < -0.3 is 4.90 Å². The molecular weight excluding hydrogens is 367 g/mol. The number of carbonyl (C=O) groups is 1. The smallest absolute Gasteiger partial charge is 0.272 e. The minimum atomic E-state index is -0.381. The Labute approximate surface area is 168 Å². The normalized spacial score (nSPS) is 11.0. The minimum absolute atomic E-state index is 0.164. The SMILES string of the molecule is CCN(CC)C(=O)c1cc(-c2ccccc2F)nc2cc(-c3ccccc3)nn12. The lowest BCUT2D eigenvalue weighted by atomic mass is 10.1. The van der Waals surface area contributed by atoms with E-state index in [4.69, 9.17) is 0 Å². The van der Waals surface area contributed by atoms with Crippen molar-refractivity contribution in [3.8, 4) is 22.5 Å². The van der Waals surface area contributed by atoms with Gasteiger partial charge in [0, 0.05) is 30.3 Å². The van der Waals surface area contributed by atoms with Gasteiger partial charge in [0.15, 0.2) is 5.65 Å². The van der Waals surface area contributed by atoms with E-state index in [0.717, 1.165) is 5.56 Å². The molecule has 6 heteroatoms. The molecule has 0 bridgehead atoms. The zero-order valence-electron chi connectivity index (χ0n) is 16.3. The van der Waals surface area contributed by atoms with Crippen LogP contribution in [0.15, 0.2) is 66.7 Å². The molecule has 4 rings (SSSR count). The topological polar surface area (TPSA) is 50.5 Å². The third kappa shape index (κ3) is 3.49. The largest absolute Gasteiger partial charge is 0.338 e. The van der Waals surface area contributed by atoms with E-state index in [0.29, 0.717) is 41.4 Å². The Morgan fingerprint density at radius 3 is 2.34 bits per heavy atom. The third-order valence-corrected chi connectivity index (χ3v) is 4.92. The molecule has 0 saturated heterocycles. The first-order valence-electron chi connectivity index (χ1n) is 9.62. The molecular formula is C23H21FN4O. The molecule has 0 fully saturated rings. The number of fused-ring (bicyclic) bond motifs is 1. The van der Waals surface area contributed by atoms with Gasteiger partial charge in [0.2, 0.25) is 0 Å². The highest BCUT2D eigenvalue weighted by atomic mass is 19.1. The molecule has 1 amide bonds. The summed E-state index contributed by atoms with van der Waals surface area (Å²) >= 11 is 0. The molecule has 0 saturated carbocycles. The van der Waals surface area contributed by atoms with Gasteiger partial charge in [-0.3, -0.25) is 4.79 Å². The summed E-state index contributed by atoms with van der Waals surface area (Å²) in [5, 5.41) is 4.63. The number of amides is 1. The minimum Gasteiger partial charge on any atom is -0.338 e. The van der Waals surface area contributed by atoms with Crippen LogP contribution in [0, 0.1) is 5.82 Å². The molecule has 0 spiro atoms. The molecule has 0 aliphatic carbocycles. The molecule has 2 aromatic heterocycles. The summed E-state index contributed by atoms with van der Waals surface area (Å²) in [5.41, 5.74) is 3.25. The Bertz CT molecular complexity index is 1170. The van der Waals surface area contributed by atoms with Gasteiger partial charge in [0.05, 0.1) is 11.4 Å². The summed E-state index contributed by atoms with van der Waals surface area (Å²) in [6.07, 6.45) is 0. The first kappa shape index (κ1) is 18.8. The van der Waals surface area contributed by atoms with E-state index in [1.54, 1.807) is 33.7 Å². The maximum Gasteiger partial charge on any atom is 0.272 e. The highest BCUT2D eigenvalue weighted by molar-refractivity contribution is 5.94. The third-order valence-electron chi connectivity index (χ3n) is 4.92. The lowest BCUT2D eigenvalue weighted by Gasteiger charge is -2.19. The van der Waals surface area contributed by atoms with Gasteiger partial charge in [-0.15, -0.1) is 0 Å². The number of nitrogens with zero attached hydrogens (tertiary/aromatic N) is 4. The van der Waals surface area contributed by atoms with E-state index in [9.17, 15) is 9.18 Å². The molecule has 0 radical (unpaired) electrons. The average molecular weight is 388 g/mol. The van der Waals surface area contributed by atoms with Gasteiger partial charge in [0.25, 0.3) is 5.91 Å². The van der Waals surface area contributed by atoms with Crippen LogP contribution in [-0.2, 0) is 0 Å². The van der Waals surface area contributed by atoms with Crippen LogP contribution >= 0.6 is 0 Å². The zero-order chi connectivity index (χ0) is 20.4. The average Bonchev–Trinajstić information content (AvgIpc) is 3.19. The van der Waals surface area contributed by atoms with E-state index >= 15 is 0 Å². The molecule has 0 aliphatic rings. The van der Waals surface area contributed by atoms with Gasteiger partial charge in [-0.2, -0.15) is 5.10 Å². The molecule has 146 valence electrons. The molecule has 4 aromatic rings. The van der Waals surface area contributed by atoms with Crippen molar-refractivity contribution in [2.45, 2.75) is 13.8 Å². The number of hydrogen-bond donors (Lipinski definition) is 0. The van der Waals surface area contributed by atoms with Gasteiger partial charge in [0.1, 0.15) is 11.5 Å². The van der Waals surface area contributed by atoms with Crippen molar-refractivity contribution in [1.82, 2.24) is 19.5 Å². The number of aromatic nitrogens is 3. The molecule has 0 N–H and O–H groups in total. The van der Waals surface area contributed by atoms with Crippen LogP contribution < -0.4 is 0 Å². The second-order valence-corrected chi connectivity index (χ2v) is 6.65. The predicted octanol–water partition coefficient (Wildman–Crippen LogP) is 4.68. The highest BCUT2D eigenvalue weighted by Crippen LogP contribution is 2.26. The van der Waals surface area contributed by atoms with E-state index < -0.39 is 0 Å². The zero-order valence-corrected chi connectivity index (χ0v) is 16.3. The Kier molecular flexibility index (Phi) is 5.08. The van der Waals surface area contributed by atoms with Crippen LogP contribution in [0.5, 0.6) is 0 Å². The molecule has 0 aliphatic heterocycles. The summed E-state index contributed by atoms with van der Waals surface area (Å²) in [6, 6.07) is 19.6. The van der Waals surface area contributed by atoms with Gasteiger partial charge in [-0.25, -0.2) is 13.9 Å². The Hall–Kier alpha value is -3.54. The van der Waals surface area contributed by atoms with Crippen molar-refractivity contribution < 1.29 is 9.18 Å². The molecule has 2 aromatic carbocycles. The Morgan fingerprint density at radius 2 is 1.66 bits per heavy atom. The molecule has 0 unspecified atom stereocenters. The van der Waals surface area contributed by atoms with Crippen molar-refractivity contribution in [3.63, 3.8) is 0 Å². The van der Waals surface area contributed by atoms with E-state index in [-0.39, 0.29) is 11.7 Å². The first-order valence-corrected chi connectivity index (χ1v) is 9.62. The maximum absolute atomic E-state index is 14.4. The fourth-order valence-electron chi connectivity index (χ4n) is 3.36. The molecule has 29 heavy (non-hydrogen) atoms. The second-order valence-electron chi connectivity index (χ2n) is 6.65. The lowest BCUT2D eigenvalue weighted by Crippen LogP contribution is -2.32. The summed E-state index contributed by atoms with van der Waals surface area (Å²) < 4.78 is 16.0. The first-order chi connectivity index (χ1) is 14.1. The fourth-order valence-corrected chi connectivity index (χ4v) is 3.36. The quantitative estimate of drug-likeness (QED) is 0.499. The molecule has 2 heterocycles. The van der Waals surface area contributed by atoms with Gasteiger partial charge in [-0.05, 0) is 32.0 Å². The van der Waals surface area contributed by atoms with Crippen molar-refractivity contribution in [3.05, 3.63) is 78.2 Å². The van der Waals surface area contributed by atoms with Crippen LogP contribution in [0.2, 0.25) is 0 Å². The predicted molar refractivity (Wildman–Crippen MR) is 111 cm³/mol. The number of rotatable bonds is 5. The number of hydrogen-bond acceptors (Lipinski definition) is 3. The summed E-state index contributed by atoms with van der Waals surface area (Å²) in [7, 11) is 0. The number of carbonyl (C=O) groups excluding carboxylic acids is 1. The van der Waals surface area contributed by atoms with Crippen LogP contribution in [0.3, 0.4) is 0 Å². The molecule has 5 nitrogen and oxygen atoms in total. The molecule has 0 atom stereocenters. The van der Waals surface area contributed by atoms with Gasteiger partial charge in [-0.1, -0.05) is 42.5 Å². The Morgan fingerprint density at radius 1 is 0.966 bits per heavy atom. The van der Waals surface area contributed by atoms with Crippen LogP contribution in [0.25, 0.3) is 28.2 Å². The second kappa shape index (κ2) is 7.83. The van der Waals surface area contributed by atoms with Crippen LogP contribution in [0.1, 0.15) is 24.3 Å². The highest BCUT2D eigenvalue weighted by Gasteiger charge is 2.21. The monoisotopic (exact) mass is 388 g/mol. The number of benzene rings is 2. The van der Waals surface area contributed by atoms with Crippen LogP contribution in [-0.4, -0.2) is 38.5 Å². The van der Waals surface area contributed by atoms with Crippen molar-refractivity contribution in [1.29, 1.82) is 0 Å². The van der Waals surface area contributed by atoms with E-state index in [1.165, 1.54) is 6.07 Å². The van der Waals surface area contributed by atoms with Crippen molar-refractivity contribution >= 4 is 11.6 Å². The summed E-state index contributed by atoms with van der Waals surface area (Å²) in [5.74, 6) is -0.545. The maximum atomic E-state index is 14.4. The summed E-state index contributed by atoms with van der Waals surface area (Å²) in [4.78, 5) is 19.5. The standard InChI is InChI=1S/C23H21FN4O/c1-3-27(4-2)23(29)21-14-20(17-12-8-9-13-18(17)24)25-22-15-19(26-28(21)22)16-10-6-5-7-11-16/h5-15H,3-4H2,1-2H3. The number of halogens is 1. The van der Waals surface area contributed by atoms with E-state index in [1.807, 2.05) is 50.2 Å². The van der Waals surface area contributed by atoms with Crippen LogP contribution in [0.4, 0.5) is 4.39 Å².